The molecule has 0 radical (unpaired) electrons. The molecule has 0 fully saturated rings. The molecular formula is C32H44Cl2HfP2. The summed E-state index contributed by atoms with van der Waals surface area (Å²) >= 11 is -1.13. The van der Waals surface area contributed by atoms with Crippen molar-refractivity contribution in [3.63, 3.8) is 0 Å². The fourth-order valence-corrected chi connectivity index (χ4v) is 22.9. The van der Waals surface area contributed by atoms with Gasteiger partial charge in [0.2, 0.25) is 0 Å². The van der Waals surface area contributed by atoms with Gasteiger partial charge in [0.15, 0.2) is 0 Å². The molecule has 0 saturated carbocycles. The van der Waals surface area contributed by atoms with Gasteiger partial charge in [-0.25, -0.2) is 0 Å². The summed E-state index contributed by atoms with van der Waals surface area (Å²) in [6.07, 6.45) is 13.4. The molecule has 0 N–H and O–H groups in total. The van der Waals surface area contributed by atoms with Crippen molar-refractivity contribution in [1.82, 2.24) is 0 Å². The molecule has 0 aromatic heterocycles. The van der Waals surface area contributed by atoms with Crippen LogP contribution in [0.15, 0.2) is 59.2 Å². The molecule has 0 nitrogen and oxygen atoms in total. The molecule has 2 aliphatic carbocycles. The molecule has 0 saturated heterocycles. The number of halogens is 2. The van der Waals surface area contributed by atoms with Crippen LogP contribution < -0.4 is 24.8 Å². The second-order valence-corrected chi connectivity index (χ2v) is 21.3. The molecule has 200 valence electrons. The zero-order valence-corrected chi connectivity index (χ0v) is 30.4. The predicted molar refractivity (Wildman–Crippen MR) is 158 cm³/mol. The van der Waals surface area contributed by atoms with E-state index in [0.29, 0.717) is 0 Å². The van der Waals surface area contributed by atoms with E-state index >= 15 is 0 Å². The van der Waals surface area contributed by atoms with Crippen molar-refractivity contribution < 1.29 is 47.7 Å². The van der Waals surface area contributed by atoms with Crippen LogP contribution in [0, 0.1) is 0 Å². The summed E-state index contributed by atoms with van der Waals surface area (Å²) in [4.78, 5) is 0. The predicted octanol–water partition coefficient (Wildman–Crippen LogP) is 4.65. The van der Waals surface area contributed by atoms with Crippen LogP contribution in [-0.2, 0) is 22.9 Å². The largest absolute Gasteiger partial charge is 1.00 e. The monoisotopic (exact) mass is 740 g/mol. The summed E-state index contributed by atoms with van der Waals surface area (Å²) < 4.78 is 1.54. The standard InChI is InChI=1S/C17H24P.C15H20P.2ClH.Hf/c1-5-13(3)18(14(4)6-2)17-11-15-9-7-8-10-16(15)12-17;1-3-9-16(10-4-2)15-11-13-7-5-6-8-14(13)12-15;;;/h7-14H,5-6H2,1-4H3;5-8,11-12H,3-4,9-10H2,1-2H3;2*1H;/q;;;;+2/p-2. The molecule has 0 heterocycles. The van der Waals surface area contributed by atoms with Gasteiger partial charge < -0.3 is 24.8 Å². The van der Waals surface area contributed by atoms with E-state index in [4.69, 9.17) is 0 Å². The molecule has 2 aromatic carbocycles. The van der Waals surface area contributed by atoms with Gasteiger partial charge in [0, 0.05) is 0 Å². The number of hydrogen-bond acceptors (Lipinski definition) is 0. The minimum Gasteiger partial charge on any atom is -1.00 e. The minimum absolute atomic E-state index is 0. The van der Waals surface area contributed by atoms with Crippen molar-refractivity contribution in [2.24, 2.45) is 0 Å². The number of allylic oxidation sites excluding steroid dienone is 2. The Kier molecular flexibility index (Phi) is 14.3. The van der Waals surface area contributed by atoms with Crippen molar-refractivity contribution >= 4 is 28.0 Å². The topological polar surface area (TPSA) is 0 Å². The van der Waals surface area contributed by atoms with Gasteiger partial charge in [0.1, 0.15) is 0 Å². The molecule has 0 aliphatic heterocycles. The van der Waals surface area contributed by atoms with Crippen molar-refractivity contribution in [3.8, 4) is 0 Å². The Bertz CT molecular complexity index is 1050. The number of rotatable bonds is 12. The SMILES string of the molecule is CCCP(CCC)C1=Cc2ccccc2[CH]1[Hf+2][CH]1C(P(C(C)CC)C(C)CC)=Cc2ccccc21.[Cl-].[Cl-]. The molecule has 2 aromatic rings. The molecule has 4 rings (SSSR count). The van der Waals surface area contributed by atoms with E-state index in [0.717, 1.165) is 18.7 Å². The Morgan fingerprint density at radius 2 is 1.11 bits per heavy atom. The normalized spacial score (nSPS) is 20.0. The number of benzene rings is 2. The third-order valence-corrected chi connectivity index (χ3v) is 23.2. The van der Waals surface area contributed by atoms with E-state index in [-0.39, 0.29) is 40.7 Å². The third kappa shape index (κ3) is 7.31. The van der Waals surface area contributed by atoms with Crippen LogP contribution in [0.1, 0.15) is 96.8 Å². The molecule has 5 heteroatoms. The first-order valence-corrected chi connectivity index (χ1v) is 21.3. The summed E-state index contributed by atoms with van der Waals surface area (Å²) in [7, 11) is -0.105. The second kappa shape index (κ2) is 15.9. The Hall–Kier alpha value is 0.230. The Morgan fingerprint density at radius 1 is 0.676 bits per heavy atom. The van der Waals surface area contributed by atoms with E-state index in [2.05, 4.69) is 102 Å². The maximum Gasteiger partial charge on any atom is -1.00 e. The summed E-state index contributed by atoms with van der Waals surface area (Å²) in [6.45, 7) is 14.7. The molecular weight excluding hydrogens is 696 g/mol. The average Bonchev–Trinajstić information content (AvgIpc) is 3.42. The molecule has 0 bridgehead atoms. The number of fused-ring (bicyclic) bond motifs is 2. The fourth-order valence-electron chi connectivity index (χ4n) is 5.88. The first kappa shape index (κ1) is 33.4. The summed E-state index contributed by atoms with van der Waals surface area (Å²) in [5.41, 5.74) is 8.09. The molecule has 2 aliphatic rings. The molecule has 37 heavy (non-hydrogen) atoms. The van der Waals surface area contributed by atoms with Gasteiger partial charge in [-0.1, -0.05) is 0 Å². The Morgan fingerprint density at radius 3 is 1.57 bits per heavy atom. The van der Waals surface area contributed by atoms with Crippen molar-refractivity contribution in [1.29, 1.82) is 0 Å². The first-order valence-electron chi connectivity index (χ1n) is 13.9. The van der Waals surface area contributed by atoms with Gasteiger partial charge in [0.05, 0.1) is 0 Å². The van der Waals surface area contributed by atoms with Crippen molar-refractivity contribution in [2.75, 3.05) is 12.3 Å². The first-order chi connectivity index (χ1) is 17.0. The third-order valence-electron chi connectivity index (χ3n) is 7.93. The zero-order valence-electron chi connectivity index (χ0n) is 23.5. The van der Waals surface area contributed by atoms with Crippen LogP contribution in [-0.4, -0.2) is 23.6 Å². The fraction of sp³-hybridized carbons (Fsp3) is 0.500. The van der Waals surface area contributed by atoms with E-state index in [1.807, 2.05) is 10.6 Å². The van der Waals surface area contributed by atoms with Gasteiger partial charge in [0.25, 0.3) is 0 Å². The van der Waals surface area contributed by atoms with Gasteiger partial charge in [-0.3, -0.25) is 0 Å². The van der Waals surface area contributed by atoms with E-state index in [1.165, 1.54) is 38.0 Å². The molecule has 4 unspecified atom stereocenters. The van der Waals surface area contributed by atoms with Crippen molar-refractivity contribution in [2.45, 2.75) is 85.9 Å². The van der Waals surface area contributed by atoms with Crippen molar-refractivity contribution in [3.05, 3.63) is 81.4 Å². The summed E-state index contributed by atoms with van der Waals surface area (Å²) in [5, 5.41) is 3.76. The molecule has 4 atom stereocenters. The Balaban J connectivity index is 0.00000241. The minimum atomic E-state index is -1.13. The van der Waals surface area contributed by atoms with E-state index in [9.17, 15) is 0 Å². The maximum atomic E-state index is 2.68. The second-order valence-electron chi connectivity index (χ2n) is 10.3. The summed E-state index contributed by atoms with van der Waals surface area (Å²) in [5.74, 6) is 0. The van der Waals surface area contributed by atoms with Crippen LogP contribution in [0.25, 0.3) is 12.2 Å². The van der Waals surface area contributed by atoms with Crippen LogP contribution in [0.3, 0.4) is 0 Å². The number of hydrogen-bond donors (Lipinski definition) is 0. The van der Waals surface area contributed by atoms with Gasteiger partial charge in [-0.2, -0.15) is 0 Å². The van der Waals surface area contributed by atoms with Gasteiger partial charge in [-0.15, -0.1) is 0 Å². The van der Waals surface area contributed by atoms with Crippen LogP contribution in [0.5, 0.6) is 0 Å². The van der Waals surface area contributed by atoms with Crippen LogP contribution >= 0.6 is 15.8 Å². The van der Waals surface area contributed by atoms with E-state index in [1.54, 1.807) is 22.3 Å². The van der Waals surface area contributed by atoms with Gasteiger partial charge in [-0.05, 0) is 0 Å². The van der Waals surface area contributed by atoms with Crippen LogP contribution in [0.2, 0.25) is 0 Å². The van der Waals surface area contributed by atoms with Gasteiger partial charge >= 0.3 is 231 Å². The Labute approximate surface area is 253 Å². The smallest absolute Gasteiger partial charge is 1.00 e. The van der Waals surface area contributed by atoms with Crippen LogP contribution in [0.4, 0.5) is 0 Å². The van der Waals surface area contributed by atoms with E-state index < -0.39 is 22.9 Å². The molecule has 0 amide bonds. The average molecular weight is 740 g/mol. The summed E-state index contributed by atoms with van der Waals surface area (Å²) in [6, 6.07) is 18.9. The molecule has 0 spiro atoms. The maximum absolute atomic E-state index is 2.68. The quantitative estimate of drug-likeness (QED) is 0.220. The zero-order chi connectivity index (χ0) is 24.9.